The lowest BCUT2D eigenvalue weighted by Gasteiger charge is -2.00. The molecule has 1 aromatic carbocycles. The highest BCUT2D eigenvalue weighted by atomic mass is 16.5. The van der Waals surface area contributed by atoms with Crippen molar-refractivity contribution >= 4 is 5.84 Å². The number of rotatable bonds is 3. The highest BCUT2D eigenvalue weighted by Gasteiger charge is 2.00. The van der Waals surface area contributed by atoms with Gasteiger partial charge in [0.15, 0.2) is 0 Å². The van der Waals surface area contributed by atoms with Crippen LogP contribution in [-0.4, -0.2) is 11.0 Å². The molecule has 0 unspecified atom stereocenters. The van der Waals surface area contributed by atoms with Gasteiger partial charge in [0.05, 0.1) is 5.69 Å². The molecule has 2 aromatic rings. The van der Waals surface area contributed by atoms with E-state index in [0.29, 0.717) is 0 Å². The molecule has 0 saturated carbocycles. The van der Waals surface area contributed by atoms with Gasteiger partial charge < -0.3 is 10.3 Å². The number of nitrogen functional groups attached to an aromatic ring is 1. The largest absolute Gasteiger partial charge is 0.384 e. The van der Waals surface area contributed by atoms with Crippen LogP contribution >= 0.6 is 0 Å². The van der Waals surface area contributed by atoms with E-state index < -0.39 is 0 Å². The molecule has 0 fully saturated rings. The summed E-state index contributed by atoms with van der Waals surface area (Å²) in [6.45, 7) is 0. The minimum Gasteiger partial charge on any atom is -0.384 e. The van der Waals surface area contributed by atoms with Gasteiger partial charge in [-0.25, -0.2) is 0 Å². The molecular weight excluding hydrogens is 190 g/mol. The number of nitrogens with one attached hydrogen (secondary N) is 1. The Labute approximate surface area is 87.2 Å². The number of nitrogens with zero attached hydrogens (tertiary/aromatic N) is 1. The Morgan fingerprint density at radius 3 is 2.53 bits per heavy atom. The molecule has 2 rings (SSSR count). The summed E-state index contributed by atoms with van der Waals surface area (Å²) < 4.78 is 4.74. The van der Waals surface area contributed by atoms with Gasteiger partial charge in [0.2, 0.25) is 0 Å². The van der Waals surface area contributed by atoms with Crippen molar-refractivity contribution in [2.45, 2.75) is 6.42 Å². The lowest BCUT2D eigenvalue weighted by molar-refractivity contribution is 0.413. The summed E-state index contributed by atoms with van der Waals surface area (Å²) in [5.74, 6) is 0.0861. The van der Waals surface area contributed by atoms with Crippen molar-refractivity contribution in [2.75, 3.05) is 0 Å². The summed E-state index contributed by atoms with van der Waals surface area (Å²) in [5.41, 5.74) is 8.10. The van der Waals surface area contributed by atoms with Crippen LogP contribution in [0, 0.1) is 5.41 Å². The Hall–Kier alpha value is -2.10. The van der Waals surface area contributed by atoms with Crippen LogP contribution in [0.2, 0.25) is 0 Å². The minimum absolute atomic E-state index is 0.0861. The first-order chi connectivity index (χ1) is 7.25. The van der Waals surface area contributed by atoms with E-state index in [1.54, 1.807) is 6.26 Å². The van der Waals surface area contributed by atoms with E-state index in [4.69, 9.17) is 15.7 Å². The summed E-state index contributed by atoms with van der Waals surface area (Å²) in [4.78, 5) is 0. The number of hydrogen-bond donors (Lipinski definition) is 2. The predicted octanol–water partition coefficient (Wildman–Crippen LogP) is 1.55. The van der Waals surface area contributed by atoms with Crippen LogP contribution in [0.15, 0.2) is 41.1 Å². The van der Waals surface area contributed by atoms with Crippen molar-refractivity contribution in [3.63, 3.8) is 0 Å². The van der Waals surface area contributed by atoms with Crippen molar-refractivity contribution in [1.29, 1.82) is 5.41 Å². The lowest BCUT2D eigenvalue weighted by atomic mass is 10.1. The molecule has 1 aromatic heterocycles. The number of hydrogen-bond acceptors (Lipinski definition) is 3. The van der Waals surface area contributed by atoms with Gasteiger partial charge in [0.1, 0.15) is 12.1 Å². The van der Waals surface area contributed by atoms with E-state index in [9.17, 15) is 0 Å². The third-order valence-corrected chi connectivity index (χ3v) is 2.14. The standard InChI is InChI=1S/C11H11N3O/c12-11(13)9-3-1-8(2-4-9)7-10-5-6-15-14-10/h1-6H,7H2,(H3,12,13). The van der Waals surface area contributed by atoms with Crippen molar-refractivity contribution in [1.82, 2.24) is 5.16 Å². The van der Waals surface area contributed by atoms with Crippen LogP contribution in [0.5, 0.6) is 0 Å². The molecule has 1 heterocycles. The highest BCUT2D eigenvalue weighted by Crippen LogP contribution is 2.08. The van der Waals surface area contributed by atoms with Gasteiger partial charge in [-0.3, -0.25) is 5.41 Å². The number of amidine groups is 1. The fourth-order valence-electron chi connectivity index (χ4n) is 1.34. The van der Waals surface area contributed by atoms with Crippen LogP contribution in [0.25, 0.3) is 0 Å². The first-order valence-corrected chi connectivity index (χ1v) is 4.58. The van der Waals surface area contributed by atoms with E-state index in [-0.39, 0.29) is 5.84 Å². The zero-order chi connectivity index (χ0) is 10.7. The molecule has 0 atom stereocenters. The monoisotopic (exact) mass is 201 g/mol. The van der Waals surface area contributed by atoms with Crippen LogP contribution in [0.3, 0.4) is 0 Å². The third kappa shape index (κ3) is 2.22. The molecule has 0 aliphatic carbocycles. The maximum absolute atomic E-state index is 7.25. The molecule has 3 N–H and O–H groups in total. The molecule has 0 bridgehead atoms. The van der Waals surface area contributed by atoms with Crippen molar-refractivity contribution in [2.24, 2.45) is 5.73 Å². The maximum Gasteiger partial charge on any atom is 0.124 e. The normalized spacial score (nSPS) is 10.1. The summed E-state index contributed by atoms with van der Waals surface area (Å²) in [6.07, 6.45) is 2.29. The number of aromatic nitrogens is 1. The van der Waals surface area contributed by atoms with Gasteiger partial charge in [-0.05, 0) is 5.56 Å². The molecule has 76 valence electrons. The molecule has 4 heteroatoms. The fraction of sp³-hybridized carbons (Fsp3) is 0.0909. The third-order valence-electron chi connectivity index (χ3n) is 2.14. The average molecular weight is 201 g/mol. The van der Waals surface area contributed by atoms with Crippen molar-refractivity contribution < 1.29 is 4.52 Å². The summed E-state index contributed by atoms with van der Waals surface area (Å²) in [5, 5.41) is 11.1. The molecule has 0 aliphatic heterocycles. The Balaban J connectivity index is 2.14. The SMILES string of the molecule is N=C(N)c1ccc(Cc2ccon2)cc1. The van der Waals surface area contributed by atoms with E-state index in [1.165, 1.54) is 0 Å². The van der Waals surface area contributed by atoms with E-state index in [2.05, 4.69) is 5.16 Å². The van der Waals surface area contributed by atoms with Crippen LogP contribution < -0.4 is 5.73 Å². The van der Waals surface area contributed by atoms with Crippen molar-refractivity contribution in [3.05, 3.63) is 53.4 Å². The predicted molar refractivity (Wildman–Crippen MR) is 56.8 cm³/mol. The van der Waals surface area contributed by atoms with E-state index in [0.717, 1.165) is 23.2 Å². The molecule has 0 aliphatic rings. The molecule has 4 nitrogen and oxygen atoms in total. The Bertz CT molecular complexity index is 445. The van der Waals surface area contributed by atoms with E-state index >= 15 is 0 Å². The summed E-state index contributed by atoms with van der Waals surface area (Å²) >= 11 is 0. The Morgan fingerprint density at radius 2 is 2.00 bits per heavy atom. The molecule has 15 heavy (non-hydrogen) atoms. The molecule has 0 spiro atoms. The topological polar surface area (TPSA) is 75.9 Å². The Kier molecular flexibility index (Phi) is 2.49. The second-order valence-corrected chi connectivity index (χ2v) is 3.28. The first-order valence-electron chi connectivity index (χ1n) is 4.58. The van der Waals surface area contributed by atoms with Crippen LogP contribution in [-0.2, 0) is 6.42 Å². The zero-order valence-electron chi connectivity index (χ0n) is 8.10. The van der Waals surface area contributed by atoms with Gasteiger partial charge >= 0.3 is 0 Å². The zero-order valence-corrected chi connectivity index (χ0v) is 8.10. The first kappa shape index (κ1) is 9.45. The number of benzene rings is 1. The lowest BCUT2D eigenvalue weighted by Crippen LogP contribution is -2.10. The van der Waals surface area contributed by atoms with Crippen molar-refractivity contribution in [3.8, 4) is 0 Å². The van der Waals surface area contributed by atoms with Gasteiger partial charge in [-0.1, -0.05) is 29.4 Å². The second-order valence-electron chi connectivity index (χ2n) is 3.28. The fourth-order valence-corrected chi connectivity index (χ4v) is 1.34. The quantitative estimate of drug-likeness (QED) is 0.584. The Morgan fingerprint density at radius 1 is 1.27 bits per heavy atom. The van der Waals surface area contributed by atoms with Gasteiger partial charge in [0, 0.05) is 18.1 Å². The highest BCUT2D eigenvalue weighted by molar-refractivity contribution is 5.94. The van der Waals surface area contributed by atoms with Crippen LogP contribution in [0.1, 0.15) is 16.8 Å². The van der Waals surface area contributed by atoms with Gasteiger partial charge in [0.25, 0.3) is 0 Å². The van der Waals surface area contributed by atoms with Crippen LogP contribution in [0.4, 0.5) is 0 Å². The molecule has 0 radical (unpaired) electrons. The maximum atomic E-state index is 7.25. The molecule has 0 amide bonds. The van der Waals surface area contributed by atoms with E-state index in [1.807, 2.05) is 30.3 Å². The van der Waals surface area contributed by atoms with Gasteiger partial charge in [-0.15, -0.1) is 0 Å². The molecular formula is C11H11N3O. The summed E-state index contributed by atoms with van der Waals surface area (Å²) in [7, 11) is 0. The number of nitrogens with two attached hydrogens (primary N) is 1. The molecule has 0 saturated heterocycles. The minimum atomic E-state index is 0.0861. The average Bonchev–Trinajstić information content (AvgIpc) is 2.71. The smallest absolute Gasteiger partial charge is 0.124 e. The van der Waals surface area contributed by atoms with Gasteiger partial charge in [-0.2, -0.15) is 0 Å². The summed E-state index contributed by atoms with van der Waals surface area (Å²) in [6, 6.07) is 9.37. The second kappa shape index (κ2) is 3.96.